The Balaban J connectivity index is 2.30. The summed E-state index contributed by atoms with van der Waals surface area (Å²) in [6, 6.07) is -0.710. The first-order valence-electron chi connectivity index (χ1n) is 23.2. The number of hydrogen-bond acceptors (Lipinski definition) is 8. The van der Waals surface area contributed by atoms with Crippen molar-refractivity contribution in [2.24, 2.45) is 0 Å². The van der Waals surface area contributed by atoms with E-state index in [0.717, 1.165) is 38.5 Å². The first kappa shape index (κ1) is 51.2. The molecule has 9 heteroatoms. The zero-order valence-corrected chi connectivity index (χ0v) is 35.3. The van der Waals surface area contributed by atoms with Gasteiger partial charge in [0.2, 0.25) is 5.91 Å². The number of aliphatic hydroxyl groups is 5. The van der Waals surface area contributed by atoms with Crippen molar-refractivity contribution in [2.45, 2.75) is 269 Å². The van der Waals surface area contributed by atoms with Crippen molar-refractivity contribution in [1.29, 1.82) is 0 Å². The average Bonchev–Trinajstić information content (AvgIpc) is 3.17. The normalized spacial score (nSPS) is 21.4. The van der Waals surface area contributed by atoms with Gasteiger partial charge in [-0.1, -0.05) is 206 Å². The fourth-order valence-electron chi connectivity index (χ4n) is 7.69. The van der Waals surface area contributed by atoms with Gasteiger partial charge in [-0.05, 0) is 12.8 Å². The van der Waals surface area contributed by atoms with Crippen molar-refractivity contribution >= 4 is 5.91 Å². The number of nitrogens with one attached hydrogen (secondary N) is 1. The van der Waals surface area contributed by atoms with Crippen LogP contribution in [0.25, 0.3) is 0 Å². The van der Waals surface area contributed by atoms with E-state index in [1.165, 1.54) is 161 Å². The van der Waals surface area contributed by atoms with Crippen molar-refractivity contribution < 1.29 is 39.8 Å². The van der Waals surface area contributed by atoms with Crippen molar-refractivity contribution in [3.8, 4) is 0 Å². The fourth-order valence-corrected chi connectivity index (χ4v) is 7.69. The molecule has 1 aliphatic heterocycles. The molecule has 2 unspecified atom stereocenters. The Kier molecular flexibility index (Phi) is 34.6. The third-order valence-corrected chi connectivity index (χ3v) is 11.5. The molecule has 0 spiro atoms. The summed E-state index contributed by atoms with van der Waals surface area (Å²) in [6.07, 6.45) is 32.5. The van der Waals surface area contributed by atoms with Crippen LogP contribution < -0.4 is 5.32 Å². The monoisotopic (exact) mass is 772 g/mol. The highest BCUT2D eigenvalue weighted by atomic mass is 16.7. The lowest BCUT2D eigenvalue weighted by Crippen LogP contribution is -2.60. The molecular weight excluding hydrogens is 682 g/mol. The van der Waals surface area contributed by atoms with E-state index in [0.29, 0.717) is 12.8 Å². The van der Waals surface area contributed by atoms with Crippen molar-refractivity contribution in [1.82, 2.24) is 5.32 Å². The lowest BCUT2D eigenvalue weighted by Gasteiger charge is -2.40. The highest BCUT2D eigenvalue weighted by molar-refractivity contribution is 5.76. The third-order valence-electron chi connectivity index (χ3n) is 11.5. The predicted octanol–water partition coefficient (Wildman–Crippen LogP) is 9.56. The van der Waals surface area contributed by atoms with Gasteiger partial charge in [-0.25, -0.2) is 0 Å². The summed E-state index contributed by atoms with van der Waals surface area (Å²) < 4.78 is 11.3. The van der Waals surface area contributed by atoms with Crippen LogP contribution in [0.3, 0.4) is 0 Å². The van der Waals surface area contributed by atoms with Gasteiger partial charge in [-0.3, -0.25) is 4.79 Å². The molecule has 1 saturated heterocycles. The zero-order chi connectivity index (χ0) is 39.5. The molecule has 7 atom stereocenters. The largest absolute Gasteiger partial charge is 0.394 e. The van der Waals surface area contributed by atoms with Gasteiger partial charge < -0.3 is 40.3 Å². The maximum absolute atomic E-state index is 13.0. The van der Waals surface area contributed by atoms with Gasteiger partial charge in [-0.2, -0.15) is 0 Å². The third kappa shape index (κ3) is 26.9. The Labute approximate surface area is 332 Å². The smallest absolute Gasteiger partial charge is 0.220 e. The second-order valence-corrected chi connectivity index (χ2v) is 16.6. The standard InChI is InChI=1S/C45H89NO8/c1-3-5-7-9-11-13-15-17-18-19-20-21-23-25-27-29-31-33-35-41(49)46-38(37-53-45-44(52)43(51)42(50)40(36-47)54-45)39(48)34-32-30-28-26-24-22-16-14-12-10-8-6-4-2/h38-40,42-45,47-48,50-52H,3-37H2,1-2H3,(H,46,49)/t38-,39+,40-,42-,43?,44?,45-/m0/s1. The zero-order valence-electron chi connectivity index (χ0n) is 35.3. The number of ether oxygens (including phenoxy) is 2. The lowest BCUT2D eigenvalue weighted by atomic mass is 9.99. The van der Waals surface area contributed by atoms with Gasteiger partial charge in [0.1, 0.15) is 24.4 Å². The van der Waals surface area contributed by atoms with E-state index in [1.54, 1.807) is 0 Å². The van der Waals surface area contributed by atoms with E-state index in [2.05, 4.69) is 19.2 Å². The van der Waals surface area contributed by atoms with Crippen LogP contribution in [0.4, 0.5) is 0 Å². The molecule has 6 N–H and O–H groups in total. The van der Waals surface area contributed by atoms with Gasteiger partial charge in [-0.15, -0.1) is 0 Å². The predicted molar refractivity (Wildman–Crippen MR) is 221 cm³/mol. The maximum Gasteiger partial charge on any atom is 0.220 e. The van der Waals surface area contributed by atoms with Gasteiger partial charge >= 0.3 is 0 Å². The number of aliphatic hydroxyl groups excluding tert-OH is 5. The van der Waals surface area contributed by atoms with Crippen LogP contribution in [-0.2, 0) is 14.3 Å². The summed E-state index contributed by atoms with van der Waals surface area (Å²) in [5.41, 5.74) is 0. The first-order chi connectivity index (χ1) is 26.3. The Morgan fingerprint density at radius 3 is 1.31 bits per heavy atom. The fraction of sp³-hybridized carbons (Fsp3) is 0.978. The number of carbonyl (C=O) groups excluding carboxylic acids is 1. The Morgan fingerprint density at radius 1 is 0.556 bits per heavy atom. The quantitative estimate of drug-likeness (QED) is 0.0339. The Bertz CT molecular complexity index is 817. The summed E-state index contributed by atoms with van der Waals surface area (Å²) in [5.74, 6) is -0.140. The summed E-state index contributed by atoms with van der Waals surface area (Å²) >= 11 is 0. The van der Waals surface area contributed by atoms with Crippen LogP contribution in [0.5, 0.6) is 0 Å². The van der Waals surface area contributed by atoms with Crippen LogP contribution >= 0.6 is 0 Å². The summed E-state index contributed by atoms with van der Waals surface area (Å²) in [4.78, 5) is 13.0. The molecule has 0 aromatic rings. The molecule has 1 fully saturated rings. The number of unbranched alkanes of at least 4 members (excludes halogenated alkanes) is 29. The molecule has 0 aromatic heterocycles. The summed E-state index contributed by atoms with van der Waals surface area (Å²) in [6.45, 7) is 3.85. The minimum Gasteiger partial charge on any atom is -0.394 e. The molecule has 1 rings (SSSR count). The second kappa shape index (κ2) is 36.5. The van der Waals surface area contributed by atoms with Crippen molar-refractivity contribution in [2.75, 3.05) is 13.2 Å². The molecule has 54 heavy (non-hydrogen) atoms. The minimum absolute atomic E-state index is 0.132. The van der Waals surface area contributed by atoms with Crippen LogP contribution in [0.2, 0.25) is 0 Å². The topological polar surface area (TPSA) is 149 Å². The Hall–Kier alpha value is -0.810. The molecule has 322 valence electrons. The van der Waals surface area contributed by atoms with Gasteiger partial charge in [0.25, 0.3) is 0 Å². The SMILES string of the molecule is CCCCCCCCCCCCCCCCCCCCC(=O)N[C@@H](CO[C@H]1O[C@@H](CO)[C@H](O)C(O)C1O)[C@H](O)CCCCCCCCCCCCCCC. The highest BCUT2D eigenvalue weighted by Crippen LogP contribution is 2.23. The van der Waals surface area contributed by atoms with E-state index >= 15 is 0 Å². The highest BCUT2D eigenvalue weighted by Gasteiger charge is 2.44. The first-order valence-corrected chi connectivity index (χ1v) is 23.2. The van der Waals surface area contributed by atoms with Crippen LogP contribution in [0.15, 0.2) is 0 Å². The molecule has 0 aromatic carbocycles. The number of carbonyl (C=O) groups is 1. The van der Waals surface area contributed by atoms with Crippen LogP contribution in [0, 0.1) is 0 Å². The van der Waals surface area contributed by atoms with E-state index in [4.69, 9.17) is 9.47 Å². The Morgan fingerprint density at radius 2 is 0.926 bits per heavy atom. The van der Waals surface area contributed by atoms with E-state index in [9.17, 15) is 30.3 Å². The summed E-state index contributed by atoms with van der Waals surface area (Å²) in [5, 5.41) is 54.3. The number of rotatable bonds is 39. The van der Waals surface area contributed by atoms with Crippen molar-refractivity contribution in [3.63, 3.8) is 0 Å². The molecular formula is C45H89NO8. The number of amides is 1. The van der Waals surface area contributed by atoms with E-state index in [-0.39, 0.29) is 12.5 Å². The molecule has 1 aliphatic rings. The molecule has 0 saturated carbocycles. The average molecular weight is 772 g/mol. The molecule has 1 heterocycles. The van der Waals surface area contributed by atoms with Crippen LogP contribution in [-0.4, -0.2) is 87.5 Å². The molecule has 0 bridgehead atoms. The lowest BCUT2D eigenvalue weighted by molar-refractivity contribution is -0.302. The minimum atomic E-state index is -1.55. The van der Waals surface area contributed by atoms with E-state index in [1.807, 2.05) is 0 Å². The molecule has 0 radical (unpaired) electrons. The number of hydrogen-bond donors (Lipinski definition) is 6. The van der Waals surface area contributed by atoms with Gasteiger partial charge in [0.05, 0.1) is 25.4 Å². The van der Waals surface area contributed by atoms with Gasteiger partial charge in [0.15, 0.2) is 6.29 Å². The van der Waals surface area contributed by atoms with E-state index < -0.39 is 49.5 Å². The maximum atomic E-state index is 13.0. The molecule has 1 amide bonds. The van der Waals surface area contributed by atoms with Crippen molar-refractivity contribution in [3.05, 3.63) is 0 Å². The second-order valence-electron chi connectivity index (χ2n) is 16.6. The summed E-state index contributed by atoms with van der Waals surface area (Å²) in [7, 11) is 0. The molecule has 0 aliphatic carbocycles. The van der Waals surface area contributed by atoms with Crippen LogP contribution in [0.1, 0.15) is 226 Å². The van der Waals surface area contributed by atoms with Gasteiger partial charge in [0, 0.05) is 6.42 Å². The molecule has 9 nitrogen and oxygen atoms in total.